The van der Waals surface area contributed by atoms with Gasteiger partial charge in [0.2, 0.25) is 5.91 Å². The van der Waals surface area contributed by atoms with Gasteiger partial charge in [0.05, 0.1) is 18.8 Å². The highest BCUT2D eigenvalue weighted by Crippen LogP contribution is 2.19. The van der Waals surface area contributed by atoms with Crippen molar-refractivity contribution in [1.29, 1.82) is 0 Å². The molecule has 0 aromatic carbocycles. The molecule has 0 aliphatic heterocycles. The van der Waals surface area contributed by atoms with Gasteiger partial charge in [0.25, 0.3) is 0 Å². The summed E-state index contributed by atoms with van der Waals surface area (Å²) in [5.41, 5.74) is 0. The van der Waals surface area contributed by atoms with Crippen molar-refractivity contribution in [2.45, 2.75) is 411 Å². The van der Waals surface area contributed by atoms with Crippen LogP contribution >= 0.6 is 0 Å². The molecule has 0 saturated carbocycles. The number of amides is 1. The lowest BCUT2D eigenvalue weighted by Gasteiger charge is -2.19. The highest BCUT2D eigenvalue weighted by atomic mass is 16.3. The molecule has 0 saturated heterocycles. The lowest BCUT2D eigenvalue weighted by Crippen LogP contribution is -2.45. The van der Waals surface area contributed by atoms with Gasteiger partial charge in [0.15, 0.2) is 0 Å². The second-order valence-electron chi connectivity index (χ2n) is 24.6. The van der Waals surface area contributed by atoms with Crippen molar-refractivity contribution in [1.82, 2.24) is 5.32 Å². The minimum atomic E-state index is -0.872. The third-order valence-corrected chi connectivity index (χ3v) is 16.8. The van der Waals surface area contributed by atoms with E-state index in [-0.39, 0.29) is 12.5 Å². The van der Waals surface area contributed by atoms with E-state index < -0.39 is 12.1 Å². The van der Waals surface area contributed by atoms with Crippen LogP contribution in [0.25, 0.3) is 0 Å². The number of unbranched alkanes of at least 4 members (excludes halogenated alkanes) is 54. The Hall–Kier alpha value is -1.65. The SMILES string of the molecule is CCCCCCCCCC/C=C\CCCCCCCCCCCCCCCCCCCCCCCC(=O)NC(CO)C(O)/C=C/CC/C=C/CC/C=C/CCCCCCCCCCCCCCCCCCCCCCCCC. The average molecular weight is 1090 g/mol. The monoisotopic (exact) mass is 1090 g/mol. The van der Waals surface area contributed by atoms with Crippen molar-refractivity contribution in [3.8, 4) is 0 Å². The number of carbonyl (C=O) groups excluding carboxylic acids is 1. The van der Waals surface area contributed by atoms with E-state index in [1.807, 2.05) is 6.08 Å². The quantitative estimate of drug-likeness (QED) is 0.0420. The molecule has 1 amide bonds. The molecule has 460 valence electrons. The molecule has 0 aliphatic rings. The number of allylic oxidation sites excluding steroid dienone is 7. The van der Waals surface area contributed by atoms with E-state index in [9.17, 15) is 15.0 Å². The smallest absolute Gasteiger partial charge is 0.220 e. The van der Waals surface area contributed by atoms with Gasteiger partial charge in [-0.2, -0.15) is 0 Å². The van der Waals surface area contributed by atoms with Crippen LogP contribution in [0.1, 0.15) is 399 Å². The fourth-order valence-corrected chi connectivity index (χ4v) is 11.3. The largest absolute Gasteiger partial charge is 0.394 e. The van der Waals surface area contributed by atoms with E-state index in [1.54, 1.807) is 6.08 Å². The first-order valence-corrected chi connectivity index (χ1v) is 35.9. The molecular weight excluding hydrogens is 951 g/mol. The van der Waals surface area contributed by atoms with Crippen LogP contribution in [-0.4, -0.2) is 34.9 Å². The van der Waals surface area contributed by atoms with Gasteiger partial charge in [-0.3, -0.25) is 4.79 Å². The van der Waals surface area contributed by atoms with Gasteiger partial charge in [-0.05, 0) is 70.6 Å². The van der Waals surface area contributed by atoms with E-state index in [2.05, 4.69) is 55.6 Å². The number of hydrogen-bond donors (Lipinski definition) is 3. The van der Waals surface area contributed by atoms with Crippen LogP contribution in [-0.2, 0) is 4.79 Å². The summed E-state index contributed by atoms with van der Waals surface area (Å²) >= 11 is 0. The summed E-state index contributed by atoms with van der Waals surface area (Å²) in [6, 6.07) is -0.647. The molecule has 4 heteroatoms. The molecule has 3 N–H and O–H groups in total. The van der Waals surface area contributed by atoms with Gasteiger partial charge >= 0.3 is 0 Å². The summed E-state index contributed by atoms with van der Waals surface area (Å²) in [5, 5.41) is 23.3. The molecule has 0 spiro atoms. The second kappa shape index (κ2) is 69.6. The number of aliphatic hydroxyl groups excluding tert-OH is 2. The van der Waals surface area contributed by atoms with Crippen LogP contribution in [0, 0.1) is 0 Å². The molecule has 0 radical (unpaired) electrons. The first kappa shape index (κ1) is 76.3. The van der Waals surface area contributed by atoms with Crippen LogP contribution in [0.15, 0.2) is 48.6 Å². The van der Waals surface area contributed by atoms with Gasteiger partial charge in [-0.1, -0.05) is 371 Å². The standard InChI is InChI=1S/C74H141NO3/c1-3-5-7-9-11-13-15-17-19-21-23-25-27-29-31-33-35-37-39-41-43-45-47-49-51-53-55-57-59-61-63-65-67-69-73(77)72(71-76)75-74(78)70-68-66-64-62-60-58-56-54-52-50-48-46-44-42-40-38-36-34-32-30-28-26-24-22-20-18-16-14-12-10-8-6-4-2/h22,24,51,53,59,61,67,69,72-73,76-77H,3-21,23,25-50,52,54-58,60,62-66,68,70-71H2,1-2H3,(H,75,78)/b24-22-,53-51+,61-59+,69-67+. The minimum Gasteiger partial charge on any atom is -0.394 e. The van der Waals surface area contributed by atoms with E-state index in [0.717, 1.165) is 38.5 Å². The predicted molar refractivity (Wildman–Crippen MR) is 350 cm³/mol. The van der Waals surface area contributed by atoms with Crippen LogP contribution in [0.5, 0.6) is 0 Å². The molecule has 0 fully saturated rings. The number of hydrogen-bond acceptors (Lipinski definition) is 3. The average Bonchev–Trinajstić information content (AvgIpc) is 3.44. The Morgan fingerprint density at radius 3 is 0.744 bits per heavy atom. The first-order chi connectivity index (χ1) is 38.7. The lowest BCUT2D eigenvalue weighted by molar-refractivity contribution is -0.123. The fraction of sp³-hybridized carbons (Fsp3) is 0.878. The molecule has 78 heavy (non-hydrogen) atoms. The zero-order valence-corrected chi connectivity index (χ0v) is 53.2. The van der Waals surface area contributed by atoms with Crippen LogP contribution in [0.3, 0.4) is 0 Å². The van der Waals surface area contributed by atoms with Crippen molar-refractivity contribution >= 4 is 5.91 Å². The lowest BCUT2D eigenvalue weighted by atomic mass is 10.0. The summed E-state index contributed by atoms with van der Waals surface area (Å²) in [6.45, 7) is 4.34. The first-order valence-electron chi connectivity index (χ1n) is 35.9. The minimum absolute atomic E-state index is 0.0706. The highest BCUT2D eigenvalue weighted by Gasteiger charge is 2.18. The number of carbonyl (C=O) groups is 1. The third kappa shape index (κ3) is 65.2. The Morgan fingerprint density at radius 2 is 0.500 bits per heavy atom. The molecule has 0 aromatic heterocycles. The number of nitrogens with one attached hydrogen (secondary N) is 1. The molecule has 0 rings (SSSR count). The topological polar surface area (TPSA) is 69.6 Å². The predicted octanol–water partition coefficient (Wildman–Crippen LogP) is 24.5. The summed E-state index contributed by atoms with van der Waals surface area (Å²) in [5.74, 6) is -0.0706. The Balaban J connectivity index is 3.47. The van der Waals surface area contributed by atoms with Crippen LogP contribution in [0.2, 0.25) is 0 Å². The third-order valence-electron chi connectivity index (χ3n) is 16.8. The Kier molecular flexibility index (Phi) is 68.1. The van der Waals surface area contributed by atoms with E-state index in [0.29, 0.717) is 6.42 Å². The molecule has 0 bridgehead atoms. The van der Waals surface area contributed by atoms with Crippen molar-refractivity contribution in [3.63, 3.8) is 0 Å². The maximum atomic E-state index is 12.5. The zero-order valence-electron chi connectivity index (χ0n) is 53.2. The number of aliphatic hydroxyl groups is 2. The van der Waals surface area contributed by atoms with Gasteiger partial charge in [0, 0.05) is 6.42 Å². The van der Waals surface area contributed by atoms with Crippen molar-refractivity contribution in [2.75, 3.05) is 6.61 Å². The molecule has 0 heterocycles. The Labute approximate surface area is 490 Å². The maximum Gasteiger partial charge on any atom is 0.220 e. The van der Waals surface area contributed by atoms with Crippen molar-refractivity contribution < 1.29 is 15.0 Å². The summed E-state index contributed by atoms with van der Waals surface area (Å²) in [4.78, 5) is 12.5. The van der Waals surface area contributed by atoms with Gasteiger partial charge in [-0.15, -0.1) is 0 Å². The molecule has 2 atom stereocenters. The van der Waals surface area contributed by atoms with Crippen LogP contribution in [0.4, 0.5) is 0 Å². The normalized spacial score (nSPS) is 12.9. The van der Waals surface area contributed by atoms with Crippen molar-refractivity contribution in [2.24, 2.45) is 0 Å². The molecule has 0 aromatic rings. The summed E-state index contributed by atoms with van der Waals surface area (Å²) < 4.78 is 0. The second-order valence-corrected chi connectivity index (χ2v) is 24.6. The Morgan fingerprint density at radius 1 is 0.295 bits per heavy atom. The molecular formula is C74H141NO3. The van der Waals surface area contributed by atoms with Gasteiger partial charge in [-0.25, -0.2) is 0 Å². The number of rotatable bonds is 67. The molecule has 2 unspecified atom stereocenters. The van der Waals surface area contributed by atoms with E-state index in [1.165, 1.54) is 340 Å². The fourth-order valence-electron chi connectivity index (χ4n) is 11.3. The van der Waals surface area contributed by atoms with E-state index in [4.69, 9.17) is 0 Å². The summed E-state index contributed by atoms with van der Waals surface area (Å²) in [6.07, 6.45) is 97.9. The van der Waals surface area contributed by atoms with Gasteiger partial charge in [0.1, 0.15) is 0 Å². The highest BCUT2D eigenvalue weighted by molar-refractivity contribution is 5.76. The zero-order chi connectivity index (χ0) is 56.2. The van der Waals surface area contributed by atoms with E-state index >= 15 is 0 Å². The Bertz CT molecular complexity index is 1240. The molecule has 0 aliphatic carbocycles. The van der Waals surface area contributed by atoms with Crippen molar-refractivity contribution in [3.05, 3.63) is 48.6 Å². The molecule has 4 nitrogen and oxygen atoms in total. The van der Waals surface area contributed by atoms with Crippen LogP contribution < -0.4 is 5.32 Å². The van der Waals surface area contributed by atoms with Gasteiger partial charge < -0.3 is 15.5 Å². The summed E-state index contributed by atoms with van der Waals surface area (Å²) in [7, 11) is 0. The maximum absolute atomic E-state index is 12.5.